The van der Waals surface area contributed by atoms with E-state index in [0.29, 0.717) is 32.7 Å². The first-order valence-corrected chi connectivity index (χ1v) is 8.41. The number of nitrogens with one attached hydrogen (secondary N) is 2. The van der Waals surface area contributed by atoms with Gasteiger partial charge in [-0.2, -0.15) is 0 Å². The highest BCUT2D eigenvalue weighted by Crippen LogP contribution is 2.16. The molecule has 1 fully saturated rings. The van der Waals surface area contributed by atoms with Gasteiger partial charge in [0.2, 0.25) is 5.91 Å². The van der Waals surface area contributed by atoms with Gasteiger partial charge in [-0.1, -0.05) is 6.92 Å². The fourth-order valence-corrected chi connectivity index (χ4v) is 2.52. The van der Waals surface area contributed by atoms with Crippen LogP contribution in [0.3, 0.4) is 0 Å². The number of rotatable bonds is 5. The molecule has 6 nitrogen and oxygen atoms in total. The van der Waals surface area contributed by atoms with Crippen molar-refractivity contribution in [2.24, 2.45) is 0 Å². The van der Waals surface area contributed by atoms with Gasteiger partial charge in [0.05, 0.1) is 12.2 Å². The Bertz CT molecular complexity index is 619. The molecule has 1 aromatic carbocycles. The third kappa shape index (κ3) is 5.67. The number of halogens is 2. The third-order valence-electron chi connectivity index (χ3n) is 4.22. The molecule has 0 aliphatic carbocycles. The number of amides is 3. The number of urea groups is 1. The van der Waals surface area contributed by atoms with Gasteiger partial charge in [0.15, 0.2) is 0 Å². The maximum Gasteiger partial charge on any atom is 0.322 e. The summed E-state index contributed by atoms with van der Waals surface area (Å²) in [6, 6.07) is 2.72. The predicted octanol–water partition coefficient (Wildman–Crippen LogP) is 2.03. The van der Waals surface area contributed by atoms with Crippen molar-refractivity contribution in [1.82, 2.24) is 15.1 Å². The van der Waals surface area contributed by atoms with Gasteiger partial charge in [-0.25, -0.2) is 13.6 Å². The summed E-state index contributed by atoms with van der Waals surface area (Å²) in [5, 5.41) is 5.35. The third-order valence-corrected chi connectivity index (χ3v) is 4.22. The quantitative estimate of drug-likeness (QED) is 0.850. The van der Waals surface area contributed by atoms with Gasteiger partial charge in [-0.15, -0.1) is 0 Å². The van der Waals surface area contributed by atoms with E-state index in [4.69, 9.17) is 0 Å². The molecule has 2 rings (SSSR count). The molecule has 1 aromatic rings. The zero-order chi connectivity index (χ0) is 18.4. The molecule has 0 radical (unpaired) electrons. The summed E-state index contributed by atoms with van der Waals surface area (Å²) in [5.41, 5.74) is -0.0539. The SMILES string of the molecule is CCC(C)NC(=O)CN1CCN(C(=O)Nc2ccc(F)cc2F)CC1. The Morgan fingerprint density at radius 1 is 1.20 bits per heavy atom. The number of hydrogen-bond acceptors (Lipinski definition) is 3. The van der Waals surface area contributed by atoms with Crippen LogP contribution < -0.4 is 10.6 Å². The van der Waals surface area contributed by atoms with Crippen LogP contribution in [0.1, 0.15) is 20.3 Å². The average Bonchev–Trinajstić information content (AvgIpc) is 2.57. The highest BCUT2D eigenvalue weighted by atomic mass is 19.1. The number of hydrogen-bond donors (Lipinski definition) is 2. The van der Waals surface area contributed by atoms with E-state index in [2.05, 4.69) is 10.6 Å². The van der Waals surface area contributed by atoms with E-state index in [1.165, 1.54) is 6.07 Å². The lowest BCUT2D eigenvalue weighted by atomic mass is 10.2. The van der Waals surface area contributed by atoms with Crippen LogP contribution in [0.2, 0.25) is 0 Å². The standard InChI is InChI=1S/C17H24F2N4O2/c1-3-12(2)20-16(24)11-22-6-8-23(9-7-22)17(25)21-15-5-4-13(18)10-14(15)19/h4-5,10,12H,3,6-9,11H2,1-2H3,(H,20,24)(H,21,25). The van der Waals surface area contributed by atoms with E-state index in [9.17, 15) is 18.4 Å². The van der Waals surface area contributed by atoms with Gasteiger partial charge in [-0.3, -0.25) is 9.69 Å². The van der Waals surface area contributed by atoms with Crippen molar-refractivity contribution in [3.8, 4) is 0 Å². The first-order chi connectivity index (χ1) is 11.9. The molecule has 1 heterocycles. The number of benzene rings is 1. The maximum atomic E-state index is 13.6. The summed E-state index contributed by atoms with van der Waals surface area (Å²) in [7, 11) is 0. The molecule has 0 bridgehead atoms. The van der Waals surface area contributed by atoms with Crippen molar-refractivity contribution in [3.63, 3.8) is 0 Å². The molecule has 0 saturated carbocycles. The number of anilines is 1. The molecule has 1 saturated heterocycles. The van der Waals surface area contributed by atoms with E-state index < -0.39 is 17.7 Å². The highest BCUT2D eigenvalue weighted by Gasteiger charge is 2.23. The minimum Gasteiger partial charge on any atom is -0.353 e. The molecule has 3 amide bonds. The number of nitrogens with zero attached hydrogens (tertiary/aromatic N) is 2. The van der Waals surface area contributed by atoms with Crippen LogP contribution in [0.5, 0.6) is 0 Å². The number of carbonyl (C=O) groups excluding carboxylic acids is 2. The molecule has 1 atom stereocenters. The van der Waals surface area contributed by atoms with E-state index in [-0.39, 0.29) is 17.6 Å². The summed E-state index contributed by atoms with van der Waals surface area (Å²) in [6.45, 7) is 6.25. The van der Waals surface area contributed by atoms with E-state index in [1.807, 2.05) is 18.7 Å². The van der Waals surface area contributed by atoms with Gasteiger partial charge in [0.1, 0.15) is 11.6 Å². The lowest BCUT2D eigenvalue weighted by molar-refractivity contribution is -0.123. The van der Waals surface area contributed by atoms with Crippen LogP contribution in [0.4, 0.5) is 19.3 Å². The summed E-state index contributed by atoms with van der Waals surface area (Å²) < 4.78 is 26.5. The lowest BCUT2D eigenvalue weighted by Gasteiger charge is -2.34. The van der Waals surface area contributed by atoms with Crippen LogP contribution in [-0.2, 0) is 4.79 Å². The Kier molecular flexibility index (Phi) is 6.69. The van der Waals surface area contributed by atoms with Gasteiger partial charge < -0.3 is 15.5 Å². The molecule has 1 aliphatic rings. The molecule has 0 aromatic heterocycles. The van der Waals surface area contributed by atoms with Crippen LogP contribution in [0.15, 0.2) is 18.2 Å². The Labute approximate surface area is 146 Å². The molecular formula is C17H24F2N4O2. The molecule has 2 N–H and O–H groups in total. The first-order valence-electron chi connectivity index (χ1n) is 8.41. The minimum absolute atomic E-state index is 0.0272. The second-order valence-electron chi connectivity index (χ2n) is 6.19. The van der Waals surface area contributed by atoms with Gasteiger partial charge >= 0.3 is 6.03 Å². The Balaban J connectivity index is 1.79. The van der Waals surface area contributed by atoms with Crippen molar-refractivity contribution < 1.29 is 18.4 Å². The minimum atomic E-state index is -0.811. The van der Waals surface area contributed by atoms with Crippen LogP contribution in [-0.4, -0.2) is 60.5 Å². The highest BCUT2D eigenvalue weighted by molar-refractivity contribution is 5.89. The second-order valence-corrected chi connectivity index (χ2v) is 6.19. The fraction of sp³-hybridized carbons (Fsp3) is 0.529. The van der Waals surface area contributed by atoms with Crippen molar-refractivity contribution >= 4 is 17.6 Å². The average molecular weight is 354 g/mol. The molecule has 1 unspecified atom stereocenters. The van der Waals surface area contributed by atoms with Crippen LogP contribution in [0, 0.1) is 11.6 Å². The Morgan fingerprint density at radius 2 is 1.88 bits per heavy atom. The second kappa shape index (κ2) is 8.75. The maximum absolute atomic E-state index is 13.6. The number of carbonyl (C=O) groups is 2. The smallest absolute Gasteiger partial charge is 0.322 e. The van der Waals surface area contributed by atoms with Crippen LogP contribution in [0.25, 0.3) is 0 Å². The summed E-state index contributed by atoms with van der Waals surface area (Å²) in [5.74, 6) is -1.53. The lowest BCUT2D eigenvalue weighted by Crippen LogP contribution is -2.52. The van der Waals surface area contributed by atoms with Crippen molar-refractivity contribution in [1.29, 1.82) is 0 Å². The van der Waals surface area contributed by atoms with Crippen molar-refractivity contribution in [2.45, 2.75) is 26.3 Å². The molecule has 1 aliphatic heterocycles. The normalized spacial score (nSPS) is 16.4. The zero-order valence-electron chi connectivity index (χ0n) is 14.5. The summed E-state index contributed by atoms with van der Waals surface area (Å²) in [4.78, 5) is 27.6. The summed E-state index contributed by atoms with van der Waals surface area (Å²) >= 11 is 0. The van der Waals surface area contributed by atoms with E-state index in [0.717, 1.165) is 18.6 Å². The van der Waals surface area contributed by atoms with Gasteiger partial charge in [0, 0.05) is 38.3 Å². The summed E-state index contributed by atoms with van der Waals surface area (Å²) in [6.07, 6.45) is 0.875. The Morgan fingerprint density at radius 3 is 2.48 bits per heavy atom. The van der Waals surface area contributed by atoms with Crippen LogP contribution >= 0.6 is 0 Å². The fourth-order valence-electron chi connectivity index (χ4n) is 2.52. The van der Waals surface area contributed by atoms with Crippen molar-refractivity contribution in [3.05, 3.63) is 29.8 Å². The molecule has 8 heteroatoms. The zero-order valence-corrected chi connectivity index (χ0v) is 14.5. The molecule has 0 spiro atoms. The topological polar surface area (TPSA) is 64.7 Å². The van der Waals surface area contributed by atoms with Gasteiger partial charge in [-0.05, 0) is 25.5 Å². The molecule has 25 heavy (non-hydrogen) atoms. The number of piperazine rings is 1. The van der Waals surface area contributed by atoms with Crippen molar-refractivity contribution in [2.75, 3.05) is 38.0 Å². The first kappa shape index (κ1) is 19.1. The van der Waals surface area contributed by atoms with E-state index in [1.54, 1.807) is 4.90 Å². The molecular weight excluding hydrogens is 330 g/mol. The van der Waals surface area contributed by atoms with Gasteiger partial charge in [0.25, 0.3) is 0 Å². The largest absolute Gasteiger partial charge is 0.353 e. The molecule has 138 valence electrons. The predicted molar refractivity (Wildman–Crippen MR) is 91.3 cm³/mol. The van der Waals surface area contributed by atoms with E-state index >= 15 is 0 Å². The monoisotopic (exact) mass is 354 g/mol. The Hall–Kier alpha value is -2.22.